The molecule has 1 fully saturated rings. The molecule has 4 nitrogen and oxygen atoms in total. The average Bonchev–Trinajstić information content (AvgIpc) is 2.58. The van der Waals surface area contributed by atoms with Crippen molar-refractivity contribution in [1.29, 1.82) is 0 Å². The van der Waals surface area contributed by atoms with Crippen LogP contribution in [-0.4, -0.2) is 29.9 Å². The summed E-state index contributed by atoms with van der Waals surface area (Å²) in [6.45, 7) is 0.419. The van der Waals surface area contributed by atoms with Gasteiger partial charge in [-0.15, -0.1) is 0 Å². The maximum absolute atomic E-state index is 12.5. The highest BCUT2D eigenvalue weighted by Gasteiger charge is 2.52. The number of hydrogen-bond donors (Lipinski definition) is 0. The molecule has 0 radical (unpaired) electrons. The van der Waals surface area contributed by atoms with E-state index < -0.39 is 12.0 Å². The van der Waals surface area contributed by atoms with E-state index in [-0.39, 0.29) is 11.9 Å². The summed E-state index contributed by atoms with van der Waals surface area (Å²) in [6, 6.07) is 18.5. The Balaban J connectivity index is 1.85. The van der Waals surface area contributed by atoms with Crippen LogP contribution in [0.4, 0.5) is 0 Å². The fourth-order valence-electron chi connectivity index (χ4n) is 2.87. The van der Waals surface area contributed by atoms with E-state index in [0.717, 1.165) is 11.1 Å². The van der Waals surface area contributed by atoms with E-state index in [1.54, 1.807) is 4.90 Å². The summed E-state index contributed by atoms with van der Waals surface area (Å²) >= 11 is 0. The Labute approximate surface area is 129 Å². The van der Waals surface area contributed by atoms with Crippen molar-refractivity contribution in [3.05, 3.63) is 71.8 Å². The van der Waals surface area contributed by atoms with E-state index >= 15 is 0 Å². The lowest BCUT2D eigenvalue weighted by molar-refractivity contribution is -0.168. The molecule has 112 valence electrons. The van der Waals surface area contributed by atoms with Crippen molar-refractivity contribution in [2.24, 2.45) is 0 Å². The van der Waals surface area contributed by atoms with Crippen LogP contribution >= 0.6 is 0 Å². The Morgan fingerprint density at radius 2 is 1.64 bits per heavy atom. The zero-order chi connectivity index (χ0) is 15.5. The van der Waals surface area contributed by atoms with Gasteiger partial charge in [-0.3, -0.25) is 4.79 Å². The number of amides is 1. The number of β-lactam (4-membered cyclic amide) rings is 1. The first kappa shape index (κ1) is 14.3. The first-order valence-corrected chi connectivity index (χ1v) is 7.19. The third-order valence-corrected chi connectivity index (χ3v) is 4.00. The van der Waals surface area contributed by atoms with Crippen LogP contribution in [0.1, 0.15) is 17.0 Å². The second-order valence-corrected chi connectivity index (χ2v) is 5.31. The topological polar surface area (TPSA) is 46.6 Å². The summed E-state index contributed by atoms with van der Waals surface area (Å²) < 4.78 is 4.89. The molecule has 2 aromatic carbocycles. The van der Waals surface area contributed by atoms with Crippen molar-refractivity contribution in [1.82, 2.24) is 4.90 Å². The number of hydrogen-bond acceptors (Lipinski definition) is 3. The SMILES string of the molecule is COC(=O)[C@H]1[C@H](c2ccccc2)C(=O)N1Cc1ccccc1. The van der Waals surface area contributed by atoms with Gasteiger partial charge in [0.2, 0.25) is 5.91 Å². The largest absolute Gasteiger partial charge is 0.467 e. The van der Waals surface area contributed by atoms with Crippen molar-refractivity contribution in [3.8, 4) is 0 Å². The van der Waals surface area contributed by atoms with E-state index in [9.17, 15) is 9.59 Å². The third kappa shape index (κ3) is 2.48. The molecule has 0 aromatic heterocycles. The Morgan fingerprint density at radius 3 is 2.23 bits per heavy atom. The zero-order valence-electron chi connectivity index (χ0n) is 12.3. The molecule has 2 atom stereocenters. The number of benzene rings is 2. The van der Waals surface area contributed by atoms with Crippen LogP contribution in [0.25, 0.3) is 0 Å². The number of likely N-dealkylation sites (tertiary alicyclic amines) is 1. The van der Waals surface area contributed by atoms with Gasteiger partial charge in [0, 0.05) is 6.54 Å². The maximum Gasteiger partial charge on any atom is 0.329 e. The van der Waals surface area contributed by atoms with Crippen molar-refractivity contribution < 1.29 is 14.3 Å². The molecule has 0 spiro atoms. The minimum Gasteiger partial charge on any atom is -0.467 e. The predicted octanol–water partition coefficient (Wildman–Crippen LogP) is 2.35. The molecule has 0 unspecified atom stereocenters. The number of rotatable bonds is 4. The van der Waals surface area contributed by atoms with Crippen LogP contribution in [-0.2, 0) is 20.9 Å². The van der Waals surface area contributed by atoms with E-state index in [2.05, 4.69) is 0 Å². The molecular weight excluding hydrogens is 278 g/mol. The van der Waals surface area contributed by atoms with Crippen LogP contribution in [0, 0.1) is 0 Å². The second-order valence-electron chi connectivity index (χ2n) is 5.31. The molecule has 1 amide bonds. The first-order valence-electron chi connectivity index (χ1n) is 7.19. The number of carbonyl (C=O) groups is 2. The minimum absolute atomic E-state index is 0.0366. The van der Waals surface area contributed by atoms with E-state index in [1.165, 1.54) is 7.11 Å². The minimum atomic E-state index is -0.555. The van der Waals surface area contributed by atoms with Crippen molar-refractivity contribution in [2.75, 3.05) is 7.11 Å². The molecular formula is C18H17NO3. The first-order chi connectivity index (χ1) is 10.7. The lowest BCUT2D eigenvalue weighted by atomic mass is 9.81. The highest BCUT2D eigenvalue weighted by Crippen LogP contribution is 2.37. The standard InChI is InChI=1S/C18H17NO3/c1-22-18(21)16-15(14-10-6-3-7-11-14)17(20)19(16)12-13-8-4-2-5-9-13/h2-11,15-16H,12H2,1H3/t15-,16+/m0/s1. The van der Waals surface area contributed by atoms with Crippen LogP contribution in [0.15, 0.2) is 60.7 Å². The summed E-state index contributed by atoms with van der Waals surface area (Å²) in [6.07, 6.45) is 0. The van der Waals surface area contributed by atoms with E-state index in [4.69, 9.17) is 4.74 Å². The molecule has 4 heteroatoms. The lowest BCUT2D eigenvalue weighted by Crippen LogP contribution is -2.62. The van der Waals surface area contributed by atoms with Gasteiger partial charge >= 0.3 is 5.97 Å². The number of methoxy groups -OCH3 is 1. The smallest absolute Gasteiger partial charge is 0.329 e. The molecule has 1 aliphatic heterocycles. The molecule has 1 aliphatic rings. The van der Waals surface area contributed by atoms with Crippen molar-refractivity contribution in [3.63, 3.8) is 0 Å². The average molecular weight is 295 g/mol. The molecule has 22 heavy (non-hydrogen) atoms. The van der Waals surface area contributed by atoms with E-state index in [0.29, 0.717) is 6.54 Å². The predicted molar refractivity (Wildman–Crippen MR) is 82.0 cm³/mol. The van der Waals surface area contributed by atoms with Gasteiger partial charge in [0.05, 0.1) is 13.0 Å². The van der Waals surface area contributed by atoms with Crippen LogP contribution in [0.2, 0.25) is 0 Å². The molecule has 0 N–H and O–H groups in total. The highest BCUT2D eigenvalue weighted by molar-refractivity contribution is 6.00. The summed E-state index contributed by atoms with van der Waals surface area (Å²) in [5, 5.41) is 0. The highest BCUT2D eigenvalue weighted by atomic mass is 16.5. The molecule has 1 heterocycles. The van der Waals surface area contributed by atoms with Gasteiger partial charge < -0.3 is 9.64 Å². The van der Waals surface area contributed by atoms with Gasteiger partial charge in [-0.05, 0) is 11.1 Å². The van der Waals surface area contributed by atoms with Gasteiger partial charge in [-0.1, -0.05) is 60.7 Å². The number of esters is 1. The molecule has 0 bridgehead atoms. The van der Waals surface area contributed by atoms with Crippen molar-refractivity contribution in [2.45, 2.75) is 18.5 Å². The second kappa shape index (κ2) is 6.02. The fourth-order valence-corrected chi connectivity index (χ4v) is 2.87. The number of nitrogens with zero attached hydrogens (tertiary/aromatic N) is 1. The summed E-state index contributed by atoms with van der Waals surface area (Å²) in [5.74, 6) is -0.854. The van der Waals surface area contributed by atoms with Gasteiger partial charge in [0.1, 0.15) is 6.04 Å². The summed E-state index contributed by atoms with van der Waals surface area (Å²) in [7, 11) is 1.36. The zero-order valence-corrected chi connectivity index (χ0v) is 12.3. The Morgan fingerprint density at radius 1 is 1.05 bits per heavy atom. The fraction of sp³-hybridized carbons (Fsp3) is 0.222. The van der Waals surface area contributed by atoms with Crippen molar-refractivity contribution >= 4 is 11.9 Å². The summed E-state index contributed by atoms with van der Waals surface area (Å²) in [4.78, 5) is 26.2. The van der Waals surface area contributed by atoms with Gasteiger partial charge in [0.25, 0.3) is 0 Å². The summed E-state index contributed by atoms with van der Waals surface area (Å²) in [5.41, 5.74) is 1.85. The van der Waals surface area contributed by atoms with Gasteiger partial charge in [-0.2, -0.15) is 0 Å². The van der Waals surface area contributed by atoms with Crippen LogP contribution in [0.3, 0.4) is 0 Å². The third-order valence-electron chi connectivity index (χ3n) is 4.00. The molecule has 0 saturated carbocycles. The van der Waals surface area contributed by atoms with Gasteiger partial charge in [-0.25, -0.2) is 4.79 Å². The molecule has 3 rings (SSSR count). The number of carbonyl (C=O) groups excluding carboxylic acids is 2. The monoisotopic (exact) mass is 295 g/mol. The molecule has 0 aliphatic carbocycles. The maximum atomic E-state index is 12.5. The molecule has 2 aromatic rings. The van der Waals surface area contributed by atoms with E-state index in [1.807, 2.05) is 60.7 Å². The van der Waals surface area contributed by atoms with Gasteiger partial charge in [0.15, 0.2) is 0 Å². The quantitative estimate of drug-likeness (QED) is 0.642. The molecule has 1 saturated heterocycles. The normalized spacial score (nSPS) is 20.4. The lowest BCUT2D eigenvalue weighted by Gasteiger charge is -2.45. The van der Waals surface area contributed by atoms with Crippen LogP contribution < -0.4 is 0 Å². The Hall–Kier alpha value is -2.62. The Kier molecular flexibility index (Phi) is 3.92. The number of ether oxygens (including phenoxy) is 1. The van der Waals surface area contributed by atoms with Crippen LogP contribution in [0.5, 0.6) is 0 Å². The Bertz CT molecular complexity index is 669.